The van der Waals surface area contributed by atoms with Gasteiger partial charge in [-0.2, -0.15) is 26.3 Å². The van der Waals surface area contributed by atoms with E-state index >= 15 is 0 Å². The molecule has 0 bridgehead atoms. The largest absolute Gasteiger partial charge is 0.427 e. The monoisotopic (exact) mass is 289 g/mol. The highest BCUT2D eigenvalue weighted by Crippen LogP contribution is 2.54. The molecule has 0 aliphatic carbocycles. The lowest BCUT2D eigenvalue weighted by Gasteiger charge is -2.33. The van der Waals surface area contributed by atoms with E-state index in [1.807, 2.05) is 4.72 Å². The van der Waals surface area contributed by atoms with Crippen molar-refractivity contribution >= 4 is 23.5 Å². The van der Waals surface area contributed by atoms with Gasteiger partial charge in [0.1, 0.15) is 0 Å². The Morgan fingerprint density at radius 1 is 0.875 bits per heavy atom. The molecule has 0 spiro atoms. The third-order valence-electron chi connectivity index (χ3n) is 1.23. The highest BCUT2D eigenvalue weighted by atomic mass is 35.5. The van der Waals surface area contributed by atoms with Gasteiger partial charge in [-0.25, -0.2) is 0 Å². The lowest BCUT2D eigenvalue weighted by molar-refractivity contribution is -0.239. The Morgan fingerprint density at radius 3 is 1.38 bits per heavy atom. The van der Waals surface area contributed by atoms with E-state index in [-0.39, 0.29) is 0 Å². The zero-order valence-electron chi connectivity index (χ0n) is 8.55. The SMILES string of the molecule is CC(C)(C)NSC(Cl)(C(F)(F)F)C(F)(F)F. The molecule has 0 saturated heterocycles. The van der Waals surface area contributed by atoms with Crippen molar-refractivity contribution < 1.29 is 26.3 Å². The molecule has 0 amide bonds. The van der Waals surface area contributed by atoms with Crippen LogP contribution in [-0.2, 0) is 0 Å². The minimum atomic E-state index is -5.60. The average molecular weight is 290 g/mol. The zero-order chi connectivity index (χ0) is 13.4. The van der Waals surface area contributed by atoms with Gasteiger partial charge in [0, 0.05) is 5.54 Å². The Bertz CT molecular complexity index is 229. The summed E-state index contributed by atoms with van der Waals surface area (Å²) in [5.74, 6) is 0. The van der Waals surface area contributed by atoms with Crippen molar-refractivity contribution in [2.24, 2.45) is 0 Å². The van der Waals surface area contributed by atoms with Gasteiger partial charge in [-0.15, -0.1) is 0 Å². The summed E-state index contributed by atoms with van der Waals surface area (Å²) in [6, 6.07) is 0. The van der Waals surface area contributed by atoms with Crippen LogP contribution in [0.4, 0.5) is 26.3 Å². The minimum Gasteiger partial charge on any atom is -0.257 e. The second-order valence-corrected chi connectivity index (χ2v) is 5.86. The van der Waals surface area contributed by atoms with Crippen LogP contribution >= 0.6 is 23.5 Å². The molecule has 0 aromatic rings. The van der Waals surface area contributed by atoms with Crippen LogP contribution in [0.5, 0.6) is 0 Å². The predicted molar refractivity (Wildman–Crippen MR) is 51.2 cm³/mol. The second kappa shape index (κ2) is 4.45. The molecule has 0 rings (SSSR count). The van der Waals surface area contributed by atoms with Crippen LogP contribution in [0, 0.1) is 0 Å². The van der Waals surface area contributed by atoms with Crippen LogP contribution in [0.25, 0.3) is 0 Å². The van der Waals surface area contributed by atoms with E-state index in [1.165, 1.54) is 20.8 Å². The van der Waals surface area contributed by atoms with Gasteiger partial charge in [0.15, 0.2) is 0 Å². The Morgan fingerprint density at radius 2 is 1.19 bits per heavy atom. The summed E-state index contributed by atoms with van der Waals surface area (Å²) < 4.78 is 71.3. The number of halogens is 7. The first-order valence-corrected chi connectivity index (χ1v) is 5.18. The van der Waals surface area contributed by atoms with Crippen molar-refractivity contribution in [1.29, 1.82) is 0 Å². The first kappa shape index (κ1) is 16.2. The highest BCUT2D eigenvalue weighted by molar-refractivity contribution is 8.00. The summed E-state index contributed by atoms with van der Waals surface area (Å²) in [7, 11) is 0. The normalized spacial score (nSPS) is 15.4. The Hall–Kier alpha value is 0.180. The van der Waals surface area contributed by atoms with Gasteiger partial charge >= 0.3 is 12.4 Å². The second-order valence-electron chi connectivity index (χ2n) is 4.04. The van der Waals surface area contributed by atoms with E-state index < -0.39 is 34.0 Å². The van der Waals surface area contributed by atoms with Crippen molar-refractivity contribution in [3.63, 3.8) is 0 Å². The predicted octanol–water partition coefficient (Wildman–Crippen LogP) is 4.08. The van der Waals surface area contributed by atoms with Crippen molar-refractivity contribution in [3.8, 4) is 0 Å². The number of hydrogen-bond donors (Lipinski definition) is 1. The van der Waals surface area contributed by atoms with E-state index in [2.05, 4.69) is 11.6 Å². The molecule has 0 saturated carbocycles. The molecule has 0 heterocycles. The van der Waals surface area contributed by atoms with E-state index in [0.717, 1.165) is 0 Å². The number of alkyl halides is 7. The summed E-state index contributed by atoms with van der Waals surface area (Å²) in [5.41, 5.74) is -0.929. The van der Waals surface area contributed by atoms with Crippen LogP contribution < -0.4 is 4.72 Å². The number of hydrogen-bond acceptors (Lipinski definition) is 2. The van der Waals surface area contributed by atoms with Gasteiger partial charge in [0.2, 0.25) is 0 Å². The minimum absolute atomic E-state index is 0.590. The lowest BCUT2D eigenvalue weighted by Crippen LogP contribution is -2.52. The Labute approximate surface area is 98.0 Å². The maximum absolute atomic E-state index is 12.3. The molecule has 0 fully saturated rings. The highest BCUT2D eigenvalue weighted by Gasteiger charge is 2.71. The van der Waals surface area contributed by atoms with Crippen molar-refractivity contribution in [3.05, 3.63) is 0 Å². The van der Waals surface area contributed by atoms with Gasteiger partial charge in [0.05, 0.1) is 0 Å². The summed E-state index contributed by atoms with van der Waals surface area (Å²) in [6.07, 6.45) is -11.2. The van der Waals surface area contributed by atoms with Crippen molar-refractivity contribution in [2.45, 2.75) is 42.9 Å². The molecule has 16 heavy (non-hydrogen) atoms. The maximum Gasteiger partial charge on any atom is 0.427 e. The summed E-state index contributed by atoms with van der Waals surface area (Å²) in [4.78, 5) is 0. The third kappa shape index (κ3) is 3.89. The maximum atomic E-state index is 12.3. The topological polar surface area (TPSA) is 12.0 Å². The van der Waals surface area contributed by atoms with Gasteiger partial charge < -0.3 is 0 Å². The van der Waals surface area contributed by atoms with Crippen molar-refractivity contribution in [1.82, 2.24) is 4.72 Å². The van der Waals surface area contributed by atoms with Crippen LogP contribution in [0.15, 0.2) is 0 Å². The first-order valence-electron chi connectivity index (χ1n) is 3.98. The molecule has 9 heteroatoms. The number of nitrogens with one attached hydrogen (secondary N) is 1. The molecule has 0 atom stereocenters. The van der Waals surface area contributed by atoms with E-state index in [4.69, 9.17) is 0 Å². The molecule has 0 aromatic carbocycles. The fourth-order valence-corrected chi connectivity index (χ4v) is 1.29. The van der Waals surface area contributed by atoms with Crippen molar-refractivity contribution in [2.75, 3.05) is 0 Å². The van der Waals surface area contributed by atoms with Gasteiger partial charge in [-0.05, 0) is 32.7 Å². The average Bonchev–Trinajstić information content (AvgIpc) is 1.93. The molecule has 0 unspecified atom stereocenters. The van der Waals surface area contributed by atoms with Crippen LogP contribution in [0.3, 0.4) is 0 Å². The molecule has 0 aromatic heterocycles. The van der Waals surface area contributed by atoms with Crippen LogP contribution in [-0.4, -0.2) is 22.1 Å². The van der Waals surface area contributed by atoms with Gasteiger partial charge in [-0.3, -0.25) is 4.72 Å². The van der Waals surface area contributed by atoms with E-state index in [9.17, 15) is 26.3 Å². The number of rotatable bonds is 2. The standard InChI is InChI=1S/C7H10ClF6NS/c1-4(2,3)15-16-5(8,6(9,10)11)7(12,13)14/h15H,1-3H3. The fourth-order valence-electron chi connectivity index (χ4n) is 0.500. The first-order chi connectivity index (χ1) is 6.71. The molecule has 0 aliphatic rings. The lowest BCUT2D eigenvalue weighted by atomic mass is 10.1. The van der Waals surface area contributed by atoms with E-state index in [0.29, 0.717) is 0 Å². The molecule has 0 radical (unpaired) electrons. The van der Waals surface area contributed by atoms with Gasteiger partial charge in [-0.1, -0.05) is 11.6 Å². The summed E-state index contributed by atoms with van der Waals surface area (Å²) in [5, 5.41) is 0. The smallest absolute Gasteiger partial charge is 0.257 e. The Balaban J connectivity index is 5.00. The fraction of sp³-hybridized carbons (Fsp3) is 1.00. The van der Waals surface area contributed by atoms with E-state index in [1.54, 1.807) is 0 Å². The molecule has 0 aliphatic heterocycles. The summed E-state index contributed by atoms with van der Waals surface area (Å²) >= 11 is 4.06. The van der Waals surface area contributed by atoms with Crippen LogP contribution in [0.2, 0.25) is 0 Å². The summed E-state index contributed by atoms with van der Waals surface area (Å²) in [6.45, 7) is 4.26. The molecule has 1 nitrogen and oxygen atoms in total. The molecule has 1 N–H and O–H groups in total. The van der Waals surface area contributed by atoms with Gasteiger partial charge in [0.25, 0.3) is 4.21 Å². The molecular formula is C7H10ClF6NS. The molecule has 98 valence electrons. The molecular weight excluding hydrogens is 280 g/mol. The zero-order valence-corrected chi connectivity index (χ0v) is 10.1. The quantitative estimate of drug-likeness (QED) is 0.467. The third-order valence-corrected chi connectivity index (χ3v) is 3.35. The van der Waals surface area contributed by atoms with Crippen LogP contribution in [0.1, 0.15) is 20.8 Å². The Kier molecular flexibility index (Phi) is 4.50.